The van der Waals surface area contributed by atoms with Gasteiger partial charge in [0.1, 0.15) is 11.5 Å². The predicted octanol–water partition coefficient (Wildman–Crippen LogP) is 4.77. The van der Waals surface area contributed by atoms with Gasteiger partial charge in [-0.15, -0.1) is 0 Å². The third kappa shape index (κ3) is 4.88. The number of nitrogens with zero attached hydrogens (tertiary/aromatic N) is 1. The molecule has 2 aromatic rings. The third-order valence-corrected chi connectivity index (χ3v) is 4.58. The zero-order valence-corrected chi connectivity index (χ0v) is 15.9. The van der Waals surface area contributed by atoms with Crippen LogP contribution in [-0.4, -0.2) is 25.4 Å². The molecule has 0 N–H and O–H groups in total. The Balaban J connectivity index is 1.67. The van der Waals surface area contributed by atoms with E-state index in [4.69, 9.17) is 14.3 Å². The third-order valence-electron chi connectivity index (χ3n) is 4.58. The van der Waals surface area contributed by atoms with Crippen LogP contribution in [0.25, 0.3) is 0 Å². The monoisotopic (exact) mass is 367 g/mol. The van der Waals surface area contributed by atoms with Crippen LogP contribution in [0.4, 0.5) is 0 Å². The molecule has 1 aliphatic carbocycles. The molecular formula is C22H25NO4. The molecule has 27 heavy (non-hydrogen) atoms. The molecule has 5 nitrogen and oxygen atoms in total. The van der Waals surface area contributed by atoms with Gasteiger partial charge in [-0.25, -0.2) is 4.79 Å². The van der Waals surface area contributed by atoms with Gasteiger partial charge in [0.25, 0.3) is 0 Å². The zero-order chi connectivity index (χ0) is 19.1. The molecule has 0 aromatic heterocycles. The fourth-order valence-electron chi connectivity index (χ4n) is 3.02. The Morgan fingerprint density at radius 3 is 2.59 bits per heavy atom. The Kier molecular flexibility index (Phi) is 6.47. The first-order valence-electron chi connectivity index (χ1n) is 9.39. The van der Waals surface area contributed by atoms with Gasteiger partial charge in [-0.1, -0.05) is 24.6 Å². The average Bonchev–Trinajstić information content (AvgIpc) is 2.72. The van der Waals surface area contributed by atoms with Crippen LogP contribution in [0.2, 0.25) is 0 Å². The van der Waals surface area contributed by atoms with Crippen molar-refractivity contribution in [1.82, 2.24) is 0 Å². The highest BCUT2D eigenvalue weighted by molar-refractivity contribution is 6.03. The lowest BCUT2D eigenvalue weighted by Gasteiger charge is -2.18. The molecule has 0 saturated heterocycles. The summed E-state index contributed by atoms with van der Waals surface area (Å²) in [7, 11) is 1.64. The van der Waals surface area contributed by atoms with Crippen molar-refractivity contribution < 1.29 is 19.1 Å². The van der Waals surface area contributed by atoms with E-state index in [-0.39, 0.29) is 0 Å². The number of carbonyl (C=O) groups is 1. The fraction of sp³-hybridized carbons (Fsp3) is 0.364. The lowest BCUT2D eigenvalue weighted by molar-refractivity contribution is 0.0515. The fourth-order valence-corrected chi connectivity index (χ4v) is 3.02. The lowest BCUT2D eigenvalue weighted by atomic mass is 9.90. The van der Waals surface area contributed by atoms with Crippen LogP contribution in [0, 0.1) is 0 Å². The van der Waals surface area contributed by atoms with Gasteiger partial charge in [0, 0.05) is 5.56 Å². The Hall–Kier alpha value is -2.82. The maximum absolute atomic E-state index is 12.3. The Morgan fingerprint density at radius 2 is 1.85 bits per heavy atom. The summed E-state index contributed by atoms with van der Waals surface area (Å²) >= 11 is 0. The maximum atomic E-state index is 12.3. The molecule has 0 radical (unpaired) electrons. The normalized spacial score (nSPS) is 14.5. The number of rotatable bonds is 7. The van der Waals surface area contributed by atoms with Crippen molar-refractivity contribution in [3.05, 3.63) is 59.2 Å². The highest BCUT2D eigenvalue weighted by atomic mass is 16.7. The number of aryl methyl sites for hydroxylation is 1. The van der Waals surface area contributed by atoms with Crippen molar-refractivity contribution in [2.45, 2.75) is 39.0 Å². The van der Waals surface area contributed by atoms with Crippen LogP contribution in [0.5, 0.6) is 11.5 Å². The second-order valence-corrected chi connectivity index (χ2v) is 6.52. The molecule has 142 valence electrons. The maximum Gasteiger partial charge on any atom is 0.365 e. The molecule has 2 aromatic carbocycles. The van der Waals surface area contributed by atoms with E-state index in [1.807, 2.05) is 18.2 Å². The van der Waals surface area contributed by atoms with Crippen molar-refractivity contribution >= 4 is 11.7 Å². The molecule has 3 rings (SSSR count). The van der Waals surface area contributed by atoms with Crippen molar-refractivity contribution in [2.24, 2.45) is 5.16 Å². The molecule has 0 heterocycles. The second-order valence-electron chi connectivity index (χ2n) is 6.52. The van der Waals surface area contributed by atoms with E-state index in [0.717, 1.165) is 54.9 Å². The van der Waals surface area contributed by atoms with Crippen LogP contribution in [0.3, 0.4) is 0 Å². The number of unbranched alkanes of at least 4 members (excludes halogenated alkanes) is 1. The molecule has 0 atom stereocenters. The topological polar surface area (TPSA) is 57.1 Å². The number of hydrogen-bond donors (Lipinski definition) is 0. The van der Waals surface area contributed by atoms with E-state index < -0.39 is 5.97 Å². The summed E-state index contributed by atoms with van der Waals surface area (Å²) in [6.07, 6.45) is 4.84. The Morgan fingerprint density at radius 1 is 1.07 bits per heavy atom. The van der Waals surface area contributed by atoms with Gasteiger partial charge in [-0.3, -0.25) is 0 Å². The number of fused-ring (bicyclic) bond motifs is 1. The first-order chi connectivity index (χ1) is 13.2. The number of benzene rings is 2. The minimum atomic E-state index is -0.474. The van der Waals surface area contributed by atoms with Gasteiger partial charge < -0.3 is 14.3 Å². The molecule has 0 bridgehead atoms. The van der Waals surface area contributed by atoms with Crippen molar-refractivity contribution in [3.8, 4) is 11.5 Å². The SMILES string of the molecule is CCCCOc1ccc(C(=O)ON=C2CCCc3ccc(OC)cc32)cc1. The summed E-state index contributed by atoms with van der Waals surface area (Å²) in [5, 5.41) is 4.14. The van der Waals surface area contributed by atoms with Crippen LogP contribution < -0.4 is 9.47 Å². The highest BCUT2D eigenvalue weighted by Crippen LogP contribution is 2.26. The van der Waals surface area contributed by atoms with Crippen LogP contribution >= 0.6 is 0 Å². The van der Waals surface area contributed by atoms with Crippen LogP contribution in [0.15, 0.2) is 47.6 Å². The number of oxime groups is 1. The molecule has 5 heteroatoms. The molecular weight excluding hydrogens is 342 g/mol. The molecule has 0 aliphatic heterocycles. The van der Waals surface area contributed by atoms with Crippen molar-refractivity contribution in [1.29, 1.82) is 0 Å². The van der Waals surface area contributed by atoms with Gasteiger partial charge in [-0.05, 0) is 67.6 Å². The zero-order valence-electron chi connectivity index (χ0n) is 15.9. The molecule has 0 saturated carbocycles. The summed E-state index contributed by atoms with van der Waals surface area (Å²) in [6.45, 7) is 2.79. The summed E-state index contributed by atoms with van der Waals surface area (Å²) in [4.78, 5) is 17.5. The Labute approximate surface area is 159 Å². The number of ether oxygens (including phenoxy) is 2. The van der Waals surface area contributed by atoms with Gasteiger partial charge in [0.05, 0.1) is 25.0 Å². The van der Waals surface area contributed by atoms with Gasteiger partial charge >= 0.3 is 5.97 Å². The van der Waals surface area contributed by atoms with E-state index in [2.05, 4.69) is 12.1 Å². The lowest BCUT2D eigenvalue weighted by Crippen LogP contribution is -2.13. The molecule has 0 fully saturated rings. The highest BCUT2D eigenvalue weighted by Gasteiger charge is 2.18. The largest absolute Gasteiger partial charge is 0.497 e. The minimum absolute atomic E-state index is 0.448. The number of carbonyl (C=O) groups excluding carboxylic acids is 1. The molecule has 0 spiro atoms. The summed E-state index contributed by atoms with van der Waals surface area (Å²) in [5.41, 5.74) is 3.42. The second kappa shape index (κ2) is 9.21. The first-order valence-corrected chi connectivity index (χ1v) is 9.39. The molecule has 1 aliphatic rings. The molecule has 0 amide bonds. The Bertz CT molecular complexity index is 812. The van der Waals surface area contributed by atoms with Crippen LogP contribution in [0.1, 0.15) is 54.1 Å². The number of hydrogen-bond acceptors (Lipinski definition) is 5. The molecule has 0 unspecified atom stereocenters. The average molecular weight is 367 g/mol. The summed E-state index contributed by atoms with van der Waals surface area (Å²) < 4.78 is 10.9. The van der Waals surface area contributed by atoms with Gasteiger partial charge in [0.15, 0.2) is 0 Å². The van der Waals surface area contributed by atoms with E-state index in [9.17, 15) is 4.79 Å². The van der Waals surface area contributed by atoms with E-state index in [1.54, 1.807) is 31.4 Å². The predicted molar refractivity (Wildman–Crippen MR) is 105 cm³/mol. The smallest absolute Gasteiger partial charge is 0.365 e. The standard InChI is InChI=1S/C22H25NO4/c1-3-4-14-26-18-11-9-17(10-12-18)22(24)27-23-21-7-5-6-16-8-13-19(25-2)15-20(16)21/h8-13,15H,3-7,14H2,1-2H3. The van der Waals surface area contributed by atoms with Crippen molar-refractivity contribution in [2.75, 3.05) is 13.7 Å². The van der Waals surface area contributed by atoms with Crippen LogP contribution in [-0.2, 0) is 11.3 Å². The van der Waals surface area contributed by atoms with E-state index in [1.165, 1.54) is 5.56 Å². The van der Waals surface area contributed by atoms with Gasteiger partial charge in [0.2, 0.25) is 0 Å². The van der Waals surface area contributed by atoms with E-state index >= 15 is 0 Å². The quantitative estimate of drug-likeness (QED) is 0.402. The van der Waals surface area contributed by atoms with Gasteiger partial charge in [-0.2, -0.15) is 0 Å². The number of methoxy groups -OCH3 is 1. The summed E-state index contributed by atoms with van der Waals surface area (Å²) in [6, 6.07) is 12.9. The first kappa shape index (κ1) is 19.0. The minimum Gasteiger partial charge on any atom is -0.497 e. The van der Waals surface area contributed by atoms with Crippen molar-refractivity contribution in [3.63, 3.8) is 0 Å². The van der Waals surface area contributed by atoms with E-state index in [0.29, 0.717) is 12.2 Å². The summed E-state index contributed by atoms with van der Waals surface area (Å²) in [5.74, 6) is 1.05.